The fraction of sp³-hybridized carbons (Fsp3) is 1.00. The highest BCUT2D eigenvalue weighted by atomic mass is 16.6. The van der Waals surface area contributed by atoms with Crippen molar-refractivity contribution in [1.29, 1.82) is 0 Å². The summed E-state index contributed by atoms with van der Waals surface area (Å²) < 4.78 is 0. The molecule has 4 heteroatoms. The van der Waals surface area contributed by atoms with Gasteiger partial charge in [-0.1, -0.05) is 12.8 Å². The molecule has 14 heavy (non-hydrogen) atoms. The van der Waals surface area contributed by atoms with Gasteiger partial charge < -0.3 is 5.73 Å². The van der Waals surface area contributed by atoms with Crippen LogP contribution in [0.15, 0.2) is 0 Å². The van der Waals surface area contributed by atoms with Crippen molar-refractivity contribution >= 4 is 0 Å². The van der Waals surface area contributed by atoms with Gasteiger partial charge in [0.05, 0.1) is 0 Å². The molecule has 4 nitrogen and oxygen atoms in total. The molecule has 4 unspecified atom stereocenters. The molecule has 0 aliphatic heterocycles. The Morgan fingerprint density at radius 3 is 2.36 bits per heavy atom. The van der Waals surface area contributed by atoms with Gasteiger partial charge >= 0.3 is 0 Å². The monoisotopic (exact) mass is 198 g/mol. The summed E-state index contributed by atoms with van der Waals surface area (Å²) in [6.45, 7) is 0. The molecule has 0 bridgehead atoms. The third-order valence-electron chi connectivity index (χ3n) is 3.99. The van der Waals surface area contributed by atoms with Crippen LogP contribution in [0.3, 0.4) is 0 Å². The molecule has 2 aliphatic carbocycles. The van der Waals surface area contributed by atoms with Crippen molar-refractivity contribution in [3.8, 4) is 0 Å². The van der Waals surface area contributed by atoms with Gasteiger partial charge in [-0.3, -0.25) is 10.1 Å². The number of nitro groups is 1. The second kappa shape index (κ2) is 3.85. The molecule has 0 heterocycles. The van der Waals surface area contributed by atoms with E-state index in [4.69, 9.17) is 5.73 Å². The zero-order chi connectivity index (χ0) is 10.1. The summed E-state index contributed by atoms with van der Waals surface area (Å²) in [6.07, 6.45) is 6.01. The van der Waals surface area contributed by atoms with Crippen LogP contribution in [0, 0.1) is 22.0 Å². The maximum atomic E-state index is 10.9. The number of hydrogen-bond acceptors (Lipinski definition) is 3. The smallest absolute Gasteiger partial charge is 0.216 e. The number of rotatable bonds is 1. The molecule has 2 fully saturated rings. The maximum Gasteiger partial charge on any atom is 0.216 e. The van der Waals surface area contributed by atoms with Crippen LogP contribution in [0.1, 0.15) is 38.5 Å². The molecule has 0 amide bonds. The average molecular weight is 198 g/mol. The molecule has 0 spiro atoms. The number of hydrogen-bond donors (Lipinski definition) is 1. The van der Waals surface area contributed by atoms with Crippen molar-refractivity contribution < 1.29 is 4.92 Å². The Balaban J connectivity index is 2.12. The van der Waals surface area contributed by atoms with Crippen molar-refractivity contribution in [3.05, 3.63) is 10.1 Å². The van der Waals surface area contributed by atoms with E-state index in [-0.39, 0.29) is 22.9 Å². The largest absolute Gasteiger partial charge is 0.327 e. The van der Waals surface area contributed by atoms with Crippen molar-refractivity contribution in [2.75, 3.05) is 0 Å². The van der Waals surface area contributed by atoms with Crippen LogP contribution in [-0.4, -0.2) is 17.0 Å². The predicted molar refractivity (Wildman–Crippen MR) is 53.4 cm³/mol. The minimum Gasteiger partial charge on any atom is -0.327 e. The van der Waals surface area contributed by atoms with Crippen molar-refractivity contribution in [1.82, 2.24) is 0 Å². The first-order chi connectivity index (χ1) is 6.70. The standard InChI is InChI=1S/C10H18N2O2/c11-9-5-6-10(12(13)14)8-4-2-1-3-7(8)9/h7-10H,1-6,11H2. The van der Waals surface area contributed by atoms with Crippen LogP contribution in [0.5, 0.6) is 0 Å². The zero-order valence-electron chi connectivity index (χ0n) is 8.39. The number of fused-ring (bicyclic) bond motifs is 1. The lowest BCUT2D eigenvalue weighted by molar-refractivity contribution is -0.539. The lowest BCUT2D eigenvalue weighted by atomic mass is 9.66. The molecule has 0 saturated heterocycles. The highest BCUT2D eigenvalue weighted by Crippen LogP contribution is 2.40. The number of nitrogens with two attached hydrogens (primary N) is 1. The second-order valence-electron chi connectivity index (χ2n) is 4.71. The summed E-state index contributed by atoms with van der Waals surface area (Å²) >= 11 is 0. The first-order valence-corrected chi connectivity index (χ1v) is 5.59. The van der Waals surface area contributed by atoms with Gasteiger partial charge in [-0.25, -0.2) is 0 Å². The Kier molecular flexibility index (Phi) is 2.72. The summed E-state index contributed by atoms with van der Waals surface area (Å²) in [6, 6.07) is -0.0865. The molecule has 0 radical (unpaired) electrons. The van der Waals surface area contributed by atoms with Gasteiger partial charge in [-0.2, -0.15) is 0 Å². The van der Waals surface area contributed by atoms with E-state index < -0.39 is 0 Å². The fourth-order valence-electron chi connectivity index (χ4n) is 3.25. The van der Waals surface area contributed by atoms with Crippen LogP contribution in [0.25, 0.3) is 0 Å². The predicted octanol–water partition coefficient (Wildman–Crippen LogP) is 1.56. The highest BCUT2D eigenvalue weighted by Gasteiger charge is 2.44. The van der Waals surface area contributed by atoms with Gasteiger partial charge in [0.1, 0.15) is 0 Å². The van der Waals surface area contributed by atoms with E-state index in [1.165, 1.54) is 6.42 Å². The third-order valence-corrected chi connectivity index (χ3v) is 3.99. The quantitative estimate of drug-likeness (QED) is 0.513. The molecule has 2 aliphatic rings. The fourth-order valence-corrected chi connectivity index (χ4v) is 3.25. The molecule has 2 N–H and O–H groups in total. The summed E-state index contributed by atoms with van der Waals surface area (Å²) in [4.78, 5) is 10.8. The lowest BCUT2D eigenvalue weighted by Gasteiger charge is -2.40. The zero-order valence-corrected chi connectivity index (χ0v) is 8.39. The van der Waals surface area contributed by atoms with Gasteiger partial charge in [0, 0.05) is 23.3 Å². The van der Waals surface area contributed by atoms with Crippen molar-refractivity contribution in [3.63, 3.8) is 0 Å². The first-order valence-electron chi connectivity index (χ1n) is 5.59. The van der Waals surface area contributed by atoms with Gasteiger partial charge in [0.25, 0.3) is 0 Å². The Morgan fingerprint density at radius 1 is 1.07 bits per heavy atom. The Labute approximate surface area is 84.0 Å². The van der Waals surface area contributed by atoms with Crippen LogP contribution in [0.2, 0.25) is 0 Å². The van der Waals surface area contributed by atoms with Crippen LogP contribution < -0.4 is 5.73 Å². The second-order valence-corrected chi connectivity index (χ2v) is 4.71. The Morgan fingerprint density at radius 2 is 1.71 bits per heavy atom. The Hall–Kier alpha value is -0.640. The van der Waals surface area contributed by atoms with Crippen LogP contribution in [0.4, 0.5) is 0 Å². The van der Waals surface area contributed by atoms with E-state index >= 15 is 0 Å². The normalized spacial score (nSPS) is 42.9. The molecule has 80 valence electrons. The SMILES string of the molecule is NC1CCC([N+](=O)[O-])C2CCCCC12. The molecular weight excluding hydrogens is 180 g/mol. The molecular formula is C10H18N2O2. The molecule has 0 aromatic rings. The highest BCUT2D eigenvalue weighted by molar-refractivity contribution is 4.91. The molecule has 2 rings (SSSR count). The van der Waals surface area contributed by atoms with E-state index in [2.05, 4.69) is 0 Å². The van der Waals surface area contributed by atoms with E-state index in [1.54, 1.807) is 0 Å². The number of nitrogens with zero attached hydrogens (tertiary/aromatic N) is 1. The molecule has 0 aromatic carbocycles. The minimum atomic E-state index is -0.305. The van der Waals surface area contributed by atoms with E-state index in [1.807, 2.05) is 0 Å². The Bertz CT molecular complexity index is 232. The lowest BCUT2D eigenvalue weighted by Crippen LogP contribution is -2.49. The van der Waals surface area contributed by atoms with Crippen LogP contribution >= 0.6 is 0 Å². The summed E-state index contributed by atoms with van der Waals surface area (Å²) in [5, 5.41) is 10.9. The molecule has 2 saturated carbocycles. The van der Waals surface area contributed by atoms with Crippen molar-refractivity contribution in [2.45, 2.75) is 50.6 Å². The van der Waals surface area contributed by atoms with Gasteiger partial charge in [0.15, 0.2) is 0 Å². The van der Waals surface area contributed by atoms with Gasteiger partial charge in [-0.15, -0.1) is 0 Å². The van der Waals surface area contributed by atoms with Gasteiger partial charge in [-0.05, 0) is 25.2 Å². The maximum absolute atomic E-state index is 10.9. The third kappa shape index (κ3) is 1.63. The summed E-state index contributed by atoms with van der Waals surface area (Å²) in [5.41, 5.74) is 6.03. The van der Waals surface area contributed by atoms with Gasteiger partial charge in [0.2, 0.25) is 6.04 Å². The van der Waals surface area contributed by atoms with Crippen molar-refractivity contribution in [2.24, 2.45) is 17.6 Å². The summed E-state index contributed by atoms with van der Waals surface area (Å²) in [7, 11) is 0. The van der Waals surface area contributed by atoms with Crippen LogP contribution in [-0.2, 0) is 0 Å². The molecule has 0 aromatic heterocycles. The van der Waals surface area contributed by atoms with E-state index in [9.17, 15) is 10.1 Å². The molecule has 4 atom stereocenters. The van der Waals surface area contributed by atoms with E-state index in [0.29, 0.717) is 12.3 Å². The first kappa shape index (κ1) is 9.90. The topological polar surface area (TPSA) is 69.2 Å². The minimum absolute atomic E-state index is 0.0745. The van der Waals surface area contributed by atoms with E-state index in [0.717, 1.165) is 25.7 Å². The summed E-state index contributed by atoms with van der Waals surface area (Å²) in [5.74, 6) is 0.690. The average Bonchev–Trinajstić information content (AvgIpc) is 2.18.